The zero-order valence-electron chi connectivity index (χ0n) is 18.8. The van der Waals surface area contributed by atoms with Gasteiger partial charge in [0.1, 0.15) is 24.0 Å². The van der Waals surface area contributed by atoms with Gasteiger partial charge in [-0.2, -0.15) is 0 Å². The van der Waals surface area contributed by atoms with Crippen molar-refractivity contribution in [2.24, 2.45) is 5.92 Å². The maximum atomic E-state index is 12.6. The van der Waals surface area contributed by atoms with Gasteiger partial charge in [-0.05, 0) is 29.8 Å². The van der Waals surface area contributed by atoms with Gasteiger partial charge in [0.05, 0.1) is 13.2 Å². The third kappa shape index (κ3) is 5.25. The second-order valence-electron chi connectivity index (χ2n) is 7.91. The van der Waals surface area contributed by atoms with Gasteiger partial charge in [0.25, 0.3) is 5.54 Å². The number of carboxylic acids is 1. The fraction of sp³-hybridized carbons (Fsp3) is 0.280. The Balaban J connectivity index is 2.04. The van der Waals surface area contributed by atoms with E-state index in [-0.39, 0.29) is 18.6 Å². The van der Waals surface area contributed by atoms with Crippen LogP contribution in [-0.4, -0.2) is 41.2 Å². The lowest BCUT2D eigenvalue weighted by Gasteiger charge is -2.36. The van der Waals surface area contributed by atoms with E-state index in [9.17, 15) is 24.8 Å². The van der Waals surface area contributed by atoms with E-state index in [4.69, 9.17) is 9.47 Å². The number of nitrogens with one attached hydrogen (secondary N) is 1. The number of carbonyl (C=O) groups is 2. The lowest BCUT2D eigenvalue weighted by Crippen LogP contribution is -2.54. The van der Waals surface area contributed by atoms with Crippen molar-refractivity contribution in [2.75, 3.05) is 13.7 Å². The molecule has 9 nitrogen and oxygen atoms in total. The van der Waals surface area contributed by atoms with Crippen LogP contribution < -0.4 is 14.8 Å². The number of benzene rings is 2. The van der Waals surface area contributed by atoms with Crippen LogP contribution >= 0.6 is 0 Å². The summed E-state index contributed by atoms with van der Waals surface area (Å²) in [7, 11) is 1.51. The fourth-order valence-electron chi connectivity index (χ4n) is 4.13. The highest BCUT2D eigenvalue weighted by Crippen LogP contribution is 2.42. The molecule has 0 spiro atoms. The average Bonchev–Trinajstić information content (AvgIpc) is 2.82. The largest absolute Gasteiger partial charge is 0.497 e. The van der Waals surface area contributed by atoms with Gasteiger partial charge in [-0.15, -0.1) is 0 Å². The third-order valence-electron chi connectivity index (χ3n) is 5.81. The minimum absolute atomic E-state index is 0.186. The van der Waals surface area contributed by atoms with Crippen molar-refractivity contribution in [1.29, 1.82) is 0 Å². The molecule has 0 saturated carbocycles. The molecule has 0 aliphatic heterocycles. The Morgan fingerprint density at radius 3 is 2.38 bits per heavy atom. The number of carbonyl (C=O) groups excluding carboxylic acids is 1. The molecule has 3 atom stereocenters. The highest BCUT2D eigenvalue weighted by atomic mass is 16.6. The maximum absolute atomic E-state index is 12.6. The molecule has 1 aliphatic carbocycles. The van der Waals surface area contributed by atoms with E-state index in [1.807, 2.05) is 6.07 Å². The lowest BCUT2D eigenvalue weighted by molar-refractivity contribution is -0.566. The molecule has 0 aromatic heterocycles. The lowest BCUT2D eigenvalue weighted by atomic mass is 9.70. The second kappa shape index (κ2) is 10.7. The molecule has 0 bridgehead atoms. The molecule has 0 heterocycles. The first kappa shape index (κ1) is 24.5. The number of methoxy groups -OCH3 is 1. The maximum Gasteiger partial charge on any atom is 0.318 e. The van der Waals surface area contributed by atoms with Gasteiger partial charge in [0.2, 0.25) is 5.91 Å². The molecule has 2 unspecified atom stereocenters. The van der Waals surface area contributed by atoms with E-state index < -0.39 is 34.3 Å². The summed E-state index contributed by atoms with van der Waals surface area (Å²) in [5.41, 5.74) is -1.28. The van der Waals surface area contributed by atoms with Crippen molar-refractivity contribution < 1.29 is 29.1 Å². The summed E-state index contributed by atoms with van der Waals surface area (Å²) in [5, 5.41) is 25.3. The van der Waals surface area contributed by atoms with Gasteiger partial charge >= 0.3 is 5.97 Å². The van der Waals surface area contributed by atoms with Crippen molar-refractivity contribution in [2.45, 2.75) is 24.9 Å². The average molecular weight is 466 g/mol. The highest BCUT2D eigenvalue weighted by molar-refractivity contribution is 5.76. The van der Waals surface area contributed by atoms with Crippen molar-refractivity contribution in [3.05, 3.63) is 94.1 Å². The molecule has 2 aromatic rings. The molecule has 2 aromatic carbocycles. The number of carboxylic acid groups (broad SMARTS) is 1. The quantitative estimate of drug-likeness (QED) is 0.405. The second-order valence-corrected chi connectivity index (χ2v) is 7.91. The Labute approximate surface area is 196 Å². The Morgan fingerprint density at radius 1 is 1.15 bits per heavy atom. The van der Waals surface area contributed by atoms with Crippen LogP contribution in [0.4, 0.5) is 0 Å². The zero-order valence-corrected chi connectivity index (χ0v) is 18.8. The number of aliphatic carboxylic acids is 1. The van der Waals surface area contributed by atoms with Crippen LogP contribution in [-0.2, 0) is 9.59 Å². The van der Waals surface area contributed by atoms with Crippen molar-refractivity contribution in [3.63, 3.8) is 0 Å². The SMILES string of the molecule is COc1ccc(C(C[C@@]2([N+](=O)[O-])C(COc3ccccc3)=CC=CC2C(=O)O)NC(C)=O)cc1. The normalized spacial score (nSPS) is 20.1. The fourth-order valence-corrected chi connectivity index (χ4v) is 4.13. The van der Waals surface area contributed by atoms with Crippen LogP contribution in [0.2, 0.25) is 0 Å². The predicted octanol–water partition coefficient (Wildman–Crippen LogP) is 3.55. The predicted molar refractivity (Wildman–Crippen MR) is 124 cm³/mol. The molecular weight excluding hydrogens is 440 g/mol. The molecule has 1 amide bonds. The third-order valence-corrected chi connectivity index (χ3v) is 5.81. The molecule has 9 heteroatoms. The molecular formula is C25H26N2O7. The van der Waals surface area contributed by atoms with Crippen molar-refractivity contribution in [3.8, 4) is 11.5 Å². The van der Waals surface area contributed by atoms with Gasteiger partial charge in [-0.1, -0.05) is 48.6 Å². The van der Waals surface area contributed by atoms with E-state index in [2.05, 4.69) is 5.32 Å². The van der Waals surface area contributed by atoms with E-state index in [1.165, 1.54) is 32.3 Å². The number of rotatable bonds is 10. The molecule has 178 valence electrons. The van der Waals surface area contributed by atoms with Crippen LogP contribution in [0.5, 0.6) is 11.5 Å². The molecule has 1 aliphatic rings. The molecule has 34 heavy (non-hydrogen) atoms. The summed E-state index contributed by atoms with van der Waals surface area (Å²) in [5.74, 6) is -2.12. The summed E-state index contributed by atoms with van der Waals surface area (Å²) in [6.45, 7) is 1.12. The van der Waals surface area contributed by atoms with E-state index in [0.29, 0.717) is 17.1 Å². The van der Waals surface area contributed by atoms with Gasteiger partial charge in [-0.25, -0.2) is 0 Å². The first-order chi connectivity index (χ1) is 16.3. The van der Waals surface area contributed by atoms with Gasteiger partial charge in [-0.3, -0.25) is 19.7 Å². The number of hydrogen-bond donors (Lipinski definition) is 2. The van der Waals surface area contributed by atoms with Crippen molar-refractivity contribution in [1.82, 2.24) is 5.32 Å². The number of allylic oxidation sites excluding steroid dienone is 2. The first-order valence-corrected chi connectivity index (χ1v) is 10.6. The molecule has 0 radical (unpaired) electrons. The number of nitro groups is 1. The Kier molecular flexibility index (Phi) is 7.68. The Morgan fingerprint density at radius 2 is 1.82 bits per heavy atom. The van der Waals surface area contributed by atoms with E-state index >= 15 is 0 Å². The van der Waals surface area contributed by atoms with Crippen LogP contribution in [0.15, 0.2) is 78.4 Å². The minimum atomic E-state index is -2.05. The number of nitrogens with zero attached hydrogens (tertiary/aromatic N) is 1. The summed E-state index contributed by atoms with van der Waals surface area (Å²) in [6.07, 6.45) is 4.02. The van der Waals surface area contributed by atoms with Gasteiger partial charge < -0.3 is 19.9 Å². The van der Waals surface area contributed by atoms with E-state index in [1.54, 1.807) is 48.5 Å². The summed E-state index contributed by atoms with van der Waals surface area (Å²) in [4.78, 5) is 36.3. The summed E-state index contributed by atoms with van der Waals surface area (Å²) in [6, 6.07) is 14.6. The Bertz CT molecular complexity index is 1100. The summed E-state index contributed by atoms with van der Waals surface area (Å²) < 4.78 is 10.9. The smallest absolute Gasteiger partial charge is 0.318 e. The van der Waals surface area contributed by atoms with Crippen LogP contribution in [0.1, 0.15) is 24.9 Å². The van der Waals surface area contributed by atoms with E-state index in [0.717, 1.165) is 0 Å². The molecule has 0 saturated heterocycles. The molecule has 0 fully saturated rings. The van der Waals surface area contributed by atoms with Crippen LogP contribution in [0.25, 0.3) is 0 Å². The van der Waals surface area contributed by atoms with Gasteiger partial charge in [0.15, 0.2) is 0 Å². The first-order valence-electron chi connectivity index (χ1n) is 10.6. The number of hydrogen-bond acceptors (Lipinski definition) is 6. The number of ether oxygens (including phenoxy) is 2. The number of para-hydroxylation sites is 1. The number of amides is 1. The molecule has 3 rings (SSSR count). The van der Waals surface area contributed by atoms with Crippen molar-refractivity contribution >= 4 is 11.9 Å². The highest BCUT2D eigenvalue weighted by Gasteiger charge is 2.58. The topological polar surface area (TPSA) is 128 Å². The standard InChI is InChI=1S/C25H26N2O7/c1-17(28)26-23(18-11-13-20(33-2)14-12-18)15-25(27(31)32)19(7-6-10-22(25)24(29)30)16-34-21-8-4-3-5-9-21/h3-14,22-23H,15-16H2,1-2H3,(H,26,28)(H,29,30)/t22?,23?,25-/m1/s1. The monoisotopic (exact) mass is 466 g/mol. The van der Waals surface area contributed by atoms with Gasteiger partial charge in [0, 0.05) is 23.8 Å². The minimum Gasteiger partial charge on any atom is -0.497 e. The zero-order chi connectivity index (χ0) is 24.7. The summed E-state index contributed by atoms with van der Waals surface area (Å²) >= 11 is 0. The van der Waals surface area contributed by atoms with Crippen LogP contribution in [0.3, 0.4) is 0 Å². The molecule has 2 N–H and O–H groups in total. The van der Waals surface area contributed by atoms with Crippen LogP contribution in [0, 0.1) is 16.0 Å². The Hall–Kier alpha value is -4.14.